The fourth-order valence-electron chi connectivity index (χ4n) is 4.01. The van der Waals surface area contributed by atoms with Crippen LogP contribution in [0.3, 0.4) is 0 Å². The summed E-state index contributed by atoms with van der Waals surface area (Å²) in [4.78, 5) is 22.5. The molecule has 4 aromatic heterocycles. The summed E-state index contributed by atoms with van der Waals surface area (Å²) in [5, 5.41) is 12.6. The van der Waals surface area contributed by atoms with Crippen molar-refractivity contribution in [3.05, 3.63) is 65.4 Å². The van der Waals surface area contributed by atoms with Gasteiger partial charge in [-0.2, -0.15) is 5.10 Å². The summed E-state index contributed by atoms with van der Waals surface area (Å²) in [7, 11) is 0. The maximum absolute atomic E-state index is 14.2. The number of H-pyrrole nitrogens is 1. The van der Waals surface area contributed by atoms with Crippen LogP contribution in [0.25, 0.3) is 5.52 Å². The predicted molar refractivity (Wildman–Crippen MR) is 101 cm³/mol. The Balaban J connectivity index is 1.43. The molecule has 1 N–H and O–H groups in total. The third-order valence-corrected chi connectivity index (χ3v) is 6.06. The van der Waals surface area contributed by atoms with Gasteiger partial charge in [0.25, 0.3) is 0 Å². The molecule has 1 saturated carbocycles. The standard InChI is InChI=1S/C20H18FN7O2/c1-20(5-6-20)19-25-24-17(30-19)18(29)27-8-4-12-15(23-10-22-12)16(27)13-9-14-11(21)3-2-7-28(14)26-13/h2-3,7,9-10,16H,4-6,8H2,1H3,(H,22,23)/t16-/m0/s1. The van der Waals surface area contributed by atoms with Crippen LogP contribution in [-0.4, -0.2) is 47.1 Å². The number of amides is 1. The van der Waals surface area contributed by atoms with E-state index >= 15 is 0 Å². The highest BCUT2D eigenvalue weighted by Gasteiger charge is 2.45. The predicted octanol–water partition coefficient (Wildman–Crippen LogP) is 2.42. The quantitative estimate of drug-likeness (QED) is 0.559. The first kappa shape index (κ1) is 17.3. The monoisotopic (exact) mass is 407 g/mol. The minimum atomic E-state index is -0.585. The topological polar surface area (TPSA) is 105 Å². The van der Waals surface area contributed by atoms with Gasteiger partial charge < -0.3 is 14.3 Å². The lowest BCUT2D eigenvalue weighted by Gasteiger charge is -2.32. The van der Waals surface area contributed by atoms with E-state index in [-0.39, 0.29) is 23.0 Å². The zero-order chi connectivity index (χ0) is 20.5. The number of nitrogens with one attached hydrogen (secondary N) is 1. The van der Waals surface area contributed by atoms with Gasteiger partial charge in [0.2, 0.25) is 5.89 Å². The van der Waals surface area contributed by atoms with E-state index in [4.69, 9.17) is 4.42 Å². The van der Waals surface area contributed by atoms with Crippen molar-refractivity contribution < 1.29 is 13.6 Å². The van der Waals surface area contributed by atoms with Gasteiger partial charge in [-0.05, 0) is 31.0 Å². The van der Waals surface area contributed by atoms with Crippen LogP contribution < -0.4 is 0 Å². The second-order valence-corrected chi connectivity index (χ2v) is 8.15. The number of hydrogen-bond donors (Lipinski definition) is 1. The molecule has 2 aliphatic rings. The molecule has 10 heteroatoms. The molecule has 0 unspecified atom stereocenters. The highest BCUT2D eigenvalue weighted by atomic mass is 19.1. The molecule has 1 aliphatic heterocycles. The first-order chi connectivity index (χ1) is 14.5. The Morgan fingerprint density at radius 1 is 1.37 bits per heavy atom. The number of halogens is 1. The van der Waals surface area contributed by atoms with Gasteiger partial charge in [0.05, 0.1) is 17.7 Å². The molecule has 1 aliphatic carbocycles. The SMILES string of the molecule is CC1(c2nnc(C(=O)N3CCc4[nH]cnc4[C@@H]3c3cc4c(F)cccn4n3)o2)CC1. The van der Waals surface area contributed by atoms with Crippen LogP contribution in [0.5, 0.6) is 0 Å². The Labute approximate surface area is 169 Å². The summed E-state index contributed by atoms with van der Waals surface area (Å²) in [6.45, 7) is 2.46. The van der Waals surface area contributed by atoms with Crippen LogP contribution in [0.1, 0.15) is 59.5 Å². The average Bonchev–Trinajstić information content (AvgIpc) is 3.21. The molecule has 1 fully saturated rings. The van der Waals surface area contributed by atoms with Gasteiger partial charge in [0, 0.05) is 30.3 Å². The fraction of sp³-hybridized carbons (Fsp3) is 0.350. The van der Waals surface area contributed by atoms with Gasteiger partial charge >= 0.3 is 11.8 Å². The molecule has 0 saturated heterocycles. The average molecular weight is 407 g/mol. The van der Waals surface area contributed by atoms with E-state index in [0.717, 1.165) is 18.5 Å². The Morgan fingerprint density at radius 2 is 2.23 bits per heavy atom. The number of carbonyl (C=O) groups excluding carboxylic acids is 1. The van der Waals surface area contributed by atoms with Crippen LogP contribution in [0.4, 0.5) is 4.39 Å². The molecule has 5 heterocycles. The van der Waals surface area contributed by atoms with Crippen molar-refractivity contribution >= 4 is 11.4 Å². The van der Waals surface area contributed by atoms with Crippen molar-refractivity contribution in [1.29, 1.82) is 0 Å². The molecule has 1 amide bonds. The number of pyridine rings is 1. The zero-order valence-corrected chi connectivity index (χ0v) is 16.2. The summed E-state index contributed by atoms with van der Waals surface area (Å²) in [6, 6.07) is 4.03. The van der Waals surface area contributed by atoms with Crippen LogP contribution in [-0.2, 0) is 11.8 Å². The summed E-state index contributed by atoms with van der Waals surface area (Å²) >= 11 is 0. The Kier molecular flexibility index (Phi) is 3.45. The molecule has 6 rings (SSSR count). The summed E-state index contributed by atoms with van der Waals surface area (Å²) in [5.41, 5.74) is 2.35. The highest BCUT2D eigenvalue weighted by Crippen LogP contribution is 2.46. The van der Waals surface area contributed by atoms with Gasteiger partial charge in [-0.1, -0.05) is 6.92 Å². The van der Waals surface area contributed by atoms with E-state index in [1.54, 1.807) is 29.6 Å². The molecular weight excluding hydrogens is 389 g/mol. The third kappa shape index (κ3) is 2.49. The highest BCUT2D eigenvalue weighted by molar-refractivity contribution is 5.90. The van der Waals surface area contributed by atoms with Crippen molar-refractivity contribution in [2.45, 2.75) is 37.6 Å². The summed E-state index contributed by atoms with van der Waals surface area (Å²) < 4.78 is 21.4. The van der Waals surface area contributed by atoms with E-state index < -0.39 is 6.04 Å². The van der Waals surface area contributed by atoms with Crippen LogP contribution in [0, 0.1) is 5.82 Å². The molecule has 4 aromatic rings. The van der Waals surface area contributed by atoms with Crippen molar-refractivity contribution in [2.24, 2.45) is 0 Å². The van der Waals surface area contributed by atoms with Gasteiger partial charge in [0.15, 0.2) is 0 Å². The number of imidazole rings is 1. The Bertz CT molecular complexity index is 1290. The minimum absolute atomic E-state index is 0.0444. The third-order valence-electron chi connectivity index (χ3n) is 6.06. The second-order valence-electron chi connectivity index (χ2n) is 8.15. The largest absolute Gasteiger partial charge is 0.416 e. The number of fused-ring (bicyclic) bond motifs is 2. The van der Waals surface area contributed by atoms with Crippen molar-refractivity contribution in [3.8, 4) is 0 Å². The van der Waals surface area contributed by atoms with Crippen LogP contribution in [0.15, 0.2) is 35.1 Å². The first-order valence-corrected chi connectivity index (χ1v) is 9.84. The number of carbonyl (C=O) groups is 1. The van der Waals surface area contributed by atoms with Crippen molar-refractivity contribution in [2.75, 3.05) is 6.54 Å². The van der Waals surface area contributed by atoms with Crippen LogP contribution in [0.2, 0.25) is 0 Å². The van der Waals surface area contributed by atoms with Gasteiger partial charge in [-0.15, -0.1) is 10.2 Å². The number of aromatic amines is 1. The van der Waals surface area contributed by atoms with E-state index in [1.807, 2.05) is 6.92 Å². The lowest BCUT2D eigenvalue weighted by molar-refractivity contribution is 0.0643. The van der Waals surface area contributed by atoms with Gasteiger partial charge in [-0.3, -0.25) is 4.79 Å². The summed E-state index contributed by atoms with van der Waals surface area (Å²) in [5.74, 6) is -0.313. The lowest BCUT2D eigenvalue weighted by Crippen LogP contribution is -2.41. The normalized spacial score (nSPS) is 19.8. The number of aromatic nitrogens is 6. The van der Waals surface area contributed by atoms with E-state index in [1.165, 1.54) is 10.6 Å². The second kappa shape index (κ2) is 5.97. The number of hydrogen-bond acceptors (Lipinski definition) is 6. The van der Waals surface area contributed by atoms with E-state index in [0.29, 0.717) is 35.8 Å². The van der Waals surface area contributed by atoms with Crippen molar-refractivity contribution in [3.63, 3.8) is 0 Å². The molecule has 0 radical (unpaired) electrons. The summed E-state index contributed by atoms with van der Waals surface area (Å²) in [6.07, 6.45) is 5.82. The maximum Gasteiger partial charge on any atom is 0.312 e. The van der Waals surface area contributed by atoms with Gasteiger partial charge in [-0.25, -0.2) is 13.9 Å². The molecule has 1 atom stereocenters. The minimum Gasteiger partial charge on any atom is -0.416 e. The number of rotatable bonds is 3. The molecule has 30 heavy (non-hydrogen) atoms. The van der Waals surface area contributed by atoms with E-state index in [9.17, 15) is 9.18 Å². The smallest absolute Gasteiger partial charge is 0.312 e. The van der Waals surface area contributed by atoms with E-state index in [2.05, 4.69) is 25.3 Å². The molecule has 0 aromatic carbocycles. The molecule has 0 bridgehead atoms. The lowest BCUT2D eigenvalue weighted by atomic mass is 9.99. The Hall–Kier alpha value is -3.56. The van der Waals surface area contributed by atoms with Gasteiger partial charge in [0.1, 0.15) is 17.4 Å². The fourth-order valence-corrected chi connectivity index (χ4v) is 4.01. The zero-order valence-electron chi connectivity index (χ0n) is 16.2. The molecule has 152 valence electrons. The maximum atomic E-state index is 14.2. The van der Waals surface area contributed by atoms with Crippen LogP contribution >= 0.6 is 0 Å². The Morgan fingerprint density at radius 3 is 3.03 bits per heavy atom. The molecular formula is C20H18FN7O2. The van der Waals surface area contributed by atoms with Crippen molar-refractivity contribution in [1.82, 2.24) is 34.7 Å². The molecule has 9 nitrogen and oxygen atoms in total. The number of nitrogens with zero attached hydrogens (tertiary/aromatic N) is 6. The molecule has 0 spiro atoms. The first-order valence-electron chi connectivity index (χ1n) is 9.84.